The molecule has 0 saturated carbocycles. The van der Waals surface area contributed by atoms with E-state index in [9.17, 15) is 4.79 Å². The van der Waals surface area contributed by atoms with Crippen molar-refractivity contribution in [1.29, 1.82) is 0 Å². The minimum Gasteiger partial charge on any atom is -0.395 e. The van der Waals surface area contributed by atoms with Gasteiger partial charge < -0.3 is 15.3 Å². The van der Waals surface area contributed by atoms with Gasteiger partial charge in [-0.3, -0.25) is 0 Å². The number of hydrogen-bond donors (Lipinski definition) is 2. The van der Waals surface area contributed by atoms with E-state index in [2.05, 4.69) is 11.4 Å². The number of nitrogens with one attached hydrogen (secondary N) is 1. The van der Waals surface area contributed by atoms with Crippen LogP contribution in [0, 0.1) is 0 Å². The number of hydrogen-bond acceptors (Lipinski definition) is 3. The standard InChI is InChI=1S/C16H20N2O2S/c1-2-8-18(9-10-19)16(20)17-14-6-3-5-13(12-14)15-7-4-11-21-15/h3-7,11-12,19H,2,8-10H2,1H3,(H,17,20). The summed E-state index contributed by atoms with van der Waals surface area (Å²) in [6, 6.07) is 11.7. The molecule has 1 aromatic heterocycles. The fourth-order valence-electron chi connectivity index (χ4n) is 2.10. The number of benzene rings is 1. The Kier molecular flexibility index (Phi) is 5.78. The Morgan fingerprint density at radius 2 is 2.14 bits per heavy atom. The van der Waals surface area contributed by atoms with Gasteiger partial charge in [-0.2, -0.15) is 0 Å². The first-order valence-electron chi connectivity index (χ1n) is 7.05. The van der Waals surface area contributed by atoms with Gasteiger partial charge in [0.15, 0.2) is 0 Å². The van der Waals surface area contributed by atoms with Crippen LogP contribution in [0.1, 0.15) is 13.3 Å². The lowest BCUT2D eigenvalue weighted by molar-refractivity contribution is 0.188. The fourth-order valence-corrected chi connectivity index (χ4v) is 2.83. The first-order valence-corrected chi connectivity index (χ1v) is 7.93. The zero-order valence-corrected chi connectivity index (χ0v) is 12.9. The first kappa shape index (κ1) is 15.5. The van der Waals surface area contributed by atoms with Gasteiger partial charge in [-0.05, 0) is 35.6 Å². The molecule has 112 valence electrons. The number of carbonyl (C=O) groups excluding carboxylic acids is 1. The van der Waals surface area contributed by atoms with Crippen molar-refractivity contribution in [1.82, 2.24) is 4.90 Å². The van der Waals surface area contributed by atoms with E-state index in [1.54, 1.807) is 16.2 Å². The average molecular weight is 304 g/mol. The second kappa shape index (κ2) is 7.81. The van der Waals surface area contributed by atoms with Crippen LogP contribution in [0.5, 0.6) is 0 Å². The van der Waals surface area contributed by atoms with Gasteiger partial charge in [0.25, 0.3) is 0 Å². The molecule has 0 fully saturated rings. The van der Waals surface area contributed by atoms with Crippen molar-refractivity contribution < 1.29 is 9.90 Å². The summed E-state index contributed by atoms with van der Waals surface area (Å²) in [7, 11) is 0. The van der Waals surface area contributed by atoms with Crippen LogP contribution >= 0.6 is 11.3 Å². The minimum absolute atomic E-state index is 0.0251. The van der Waals surface area contributed by atoms with Crippen LogP contribution in [0.15, 0.2) is 41.8 Å². The lowest BCUT2D eigenvalue weighted by Gasteiger charge is -2.21. The Balaban J connectivity index is 2.08. The maximum atomic E-state index is 12.2. The summed E-state index contributed by atoms with van der Waals surface area (Å²) >= 11 is 1.67. The Morgan fingerprint density at radius 1 is 1.29 bits per heavy atom. The molecular formula is C16H20N2O2S. The summed E-state index contributed by atoms with van der Waals surface area (Å²) in [6.07, 6.45) is 0.864. The van der Waals surface area contributed by atoms with Crippen molar-refractivity contribution in [2.24, 2.45) is 0 Å². The van der Waals surface area contributed by atoms with E-state index in [0.29, 0.717) is 13.1 Å². The number of aliphatic hydroxyl groups is 1. The number of nitrogens with zero attached hydrogens (tertiary/aromatic N) is 1. The van der Waals surface area contributed by atoms with Gasteiger partial charge in [0.1, 0.15) is 0 Å². The van der Waals surface area contributed by atoms with E-state index in [4.69, 9.17) is 5.11 Å². The monoisotopic (exact) mass is 304 g/mol. The summed E-state index contributed by atoms with van der Waals surface area (Å²) in [5.74, 6) is 0. The highest BCUT2D eigenvalue weighted by Gasteiger charge is 2.12. The Hall–Kier alpha value is -1.85. The summed E-state index contributed by atoms with van der Waals surface area (Å²) in [4.78, 5) is 15.0. The van der Waals surface area contributed by atoms with Crippen LogP contribution < -0.4 is 5.32 Å². The van der Waals surface area contributed by atoms with Gasteiger partial charge in [-0.25, -0.2) is 4.79 Å². The first-order chi connectivity index (χ1) is 10.2. The molecule has 1 heterocycles. The Bertz CT molecular complexity index is 563. The number of carbonyl (C=O) groups is 1. The molecule has 5 heteroatoms. The molecule has 0 atom stereocenters. The zero-order valence-electron chi connectivity index (χ0n) is 12.1. The van der Waals surface area contributed by atoms with Gasteiger partial charge in [-0.15, -0.1) is 11.3 Å². The van der Waals surface area contributed by atoms with Crippen LogP contribution in [-0.4, -0.2) is 35.7 Å². The molecule has 0 aliphatic heterocycles. The summed E-state index contributed by atoms with van der Waals surface area (Å²) < 4.78 is 0. The maximum Gasteiger partial charge on any atom is 0.321 e. The van der Waals surface area contributed by atoms with Gasteiger partial charge in [0.2, 0.25) is 0 Å². The number of aliphatic hydroxyl groups excluding tert-OH is 1. The van der Waals surface area contributed by atoms with Gasteiger partial charge in [-0.1, -0.05) is 25.1 Å². The highest BCUT2D eigenvalue weighted by molar-refractivity contribution is 7.13. The van der Waals surface area contributed by atoms with Crippen molar-refractivity contribution in [2.75, 3.05) is 25.0 Å². The third-order valence-electron chi connectivity index (χ3n) is 3.07. The largest absolute Gasteiger partial charge is 0.395 e. The third kappa shape index (κ3) is 4.31. The SMILES string of the molecule is CCCN(CCO)C(=O)Nc1cccc(-c2cccs2)c1. The topological polar surface area (TPSA) is 52.6 Å². The summed E-state index contributed by atoms with van der Waals surface area (Å²) in [5.41, 5.74) is 1.86. The summed E-state index contributed by atoms with van der Waals surface area (Å²) in [5, 5.41) is 14.0. The predicted octanol–water partition coefficient (Wildman–Crippen LogP) is 3.65. The van der Waals surface area contributed by atoms with E-state index >= 15 is 0 Å². The van der Waals surface area contributed by atoms with Crippen LogP contribution in [-0.2, 0) is 0 Å². The maximum absolute atomic E-state index is 12.2. The van der Waals surface area contributed by atoms with E-state index in [0.717, 1.165) is 17.7 Å². The molecule has 2 amide bonds. The number of anilines is 1. The molecule has 0 saturated heterocycles. The Labute approximate surface area is 129 Å². The molecule has 0 bridgehead atoms. The second-order valence-corrected chi connectivity index (χ2v) is 5.65. The van der Waals surface area contributed by atoms with E-state index in [1.165, 1.54) is 4.88 Å². The van der Waals surface area contributed by atoms with Crippen LogP contribution in [0.4, 0.5) is 10.5 Å². The fraction of sp³-hybridized carbons (Fsp3) is 0.312. The third-order valence-corrected chi connectivity index (χ3v) is 3.99. The molecule has 2 aromatic rings. The van der Waals surface area contributed by atoms with E-state index < -0.39 is 0 Å². The normalized spacial score (nSPS) is 10.4. The molecule has 21 heavy (non-hydrogen) atoms. The zero-order chi connectivity index (χ0) is 15.1. The van der Waals surface area contributed by atoms with E-state index in [1.807, 2.05) is 42.6 Å². The van der Waals surface area contributed by atoms with Crippen LogP contribution in [0.2, 0.25) is 0 Å². The van der Waals surface area contributed by atoms with Gasteiger partial charge in [0.05, 0.1) is 6.61 Å². The quantitative estimate of drug-likeness (QED) is 0.856. The molecule has 2 rings (SSSR count). The molecular weight excluding hydrogens is 284 g/mol. The Morgan fingerprint density at radius 3 is 2.81 bits per heavy atom. The van der Waals surface area contributed by atoms with Crippen molar-refractivity contribution in [3.8, 4) is 10.4 Å². The van der Waals surface area contributed by atoms with Crippen molar-refractivity contribution in [3.63, 3.8) is 0 Å². The molecule has 0 unspecified atom stereocenters. The lowest BCUT2D eigenvalue weighted by Crippen LogP contribution is -2.37. The second-order valence-electron chi connectivity index (χ2n) is 4.70. The molecule has 0 aliphatic rings. The minimum atomic E-state index is -0.172. The highest BCUT2D eigenvalue weighted by atomic mass is 32.1. The highest BCUT2D eigenvalue weighted by Crippen LogP contribution is 2.26. The molecule has 1 aromatic carbocycles. The smallest absolute Gasteiger partial charge is 0.321 e. The number of rotatable bonds is 6. The number of amides is 2. The average Bonchev–Trinajstić information content (AvgIpc) is 3.01. The van der Waals surface area contributed by atoms with Gasteiger partial charge in [0, 0.05) is 23.7 Å². The molecule has 0 aliphatic carbocycles. The predicted molar refractivity (Wildman–Crippen MR) is 87.7 cm³/mol. The summed E-state index contributed by atoms with van der Waals surface area (Å²) in [6.45, 7) is 2.97. The van der Waals surface area contributed by atoms with Gasteiger partial charge >= 0.3 is 6.03 Å². The number of thiophene rings is 1. The molecule has 4 nitrogen and oxygen atoms in total. The van der Waals surface area contributed by atoms with Crippen molar-refractivity contribution >= 4 is 23.1 Å². The molecule has 0 spiro atoms. The van der Waals surface area contributed by atoms with Crippen LogP contribution in [0.25, 0.3) is 10.4 Å². The van der Waals surface area contributed by atoms with Crippen molar-refractivity contribution in [2.45, 2.75) is 13.3 Å². The molecule has 2 N–H and O–H groups in total. The lowest BCUT2D eigenvalue weighted by atomic mass is 10.1. The van der Waals surface area contributed by atoms with Crippen molar-refractivity contribution in [3.05, 3.63) is 41.8 Å². The van der Waals surface area contributed by atoms with Crippen LogP contribution in [0.3, 0.4) is 0 Å². The van der Waals surface area contributed by atoms with E-state index in [-0.39, 0.29) is 12.6 Å². The molecule has 0 radical (unpaired) electrons. The number of urea groups is 1.